The summed E-state index contributed by atoms with van der Waals surface area (Å²) in [6.07, 6.45) is 20.9. The fourth-order valence-corrected chi connectivity index (χ4v) is 13.4. The van der Waals surface area contributed by atoms with Crippen LogP contribution in [0.25, 0.3) is 0 Å². The largest absolute Gasteiger partial charge is 0.336 e. The molecule has 9 fully saturated rings. The highest BCUT2D eigenvalue weighted by molar-refractivity contribution is 7.84. The van der Waals surface area contributed by atoms with Crippen molar-refractivity contribution in [3.05, 3.63) is 12.7 Å². The van der Waals surface area contributed by atoms with Gasteiger partial charge < -0.3 is 0 Å². The van der Waals surface area contributed by atoms with Crippen molar-refractivity contribution in [2.75, 3.05) is 6.54 Å². The molecule has 13 heteroatoms. The van der Waals surface area contributed by atoms with E-state index in [1.165, 1.54) is 77.0 Å². The Morgan fingerprint density at radius 1 is 0.500 bits per heavy atom. The summed E-state index contributed by atoms with van der Waals surface area (Å²) in [5, 5.41) is 33.0. The van der Waals surface area contributed by atoms with Crippen molar-refractivity contribution in [1.29, 1.82) is 0 Å². The first-order valence-electron chi connectivity index (χ1n) is 19.8. The molecule has 0 amide bonds. The van der Waals surface area contributed by atoms with E-state index in [0.29, 0.717) is 47.8 Å². The van der Waals surface area contributed by atoms with Gasteiger partial charge in [0.25, 0.3) is 0 Å². The van der Waals surface area contributed by atoms with Gasteiger partial charge in [-0.25, -0.2) is 0 Å². The Balaban J connectivity index is 1.05. The zero-order chi connectivity index (χ0) is 32.4. The molecule has 4 aliphatic carbocycles. The van der Waals surface area contributed by atoms with Gasteiger partial charge in [-0.2, -0.15) is 13.1 Å². The van der Waals surface area contributed by atoms with Crippen molar-refractivity contribution >= 4 is 10.3 Å². The molecule has 5 heterocycles. The molecule has 5 saturated heterocycles. The first-order chi connectivity index (χ1) is 23.5. The minimum Gasteiger partial charge on any atom is -0.286 e. The molecule has 17 atom stereocenters. The molecular formula is C35H61N9O3S. The van der Waals surface area contributed by atoms with E-state index >= 15 is 0 Å². The molecule has 0 aromatic carbocycles. The van der Waals surface area contributed by atoms with Gasteiger partial charge in [0, 0.05) is 12.5 Å². The van der Waals surface area contributed by atoms with Crippen LogP contribution in [-0.4, -0.2) is 70.4 Å². The number of nitrogens with one attached hydrogen (secondary N) is 9. The van der Waals surface area contributed by atoms with Gasteiger partial charge in [-0.3, -0.25) is 46.7 Å². The van der Waals surface area contributed by atoms with Crippen molar-refractivity contribution in [2.45, 2.75) is 152 Å². The van der Waals surface area contributed by atoms with Crippen LogP contribution >= 0.6 is 0 Å². The van der Waals surface area contributed by atoms with Crippen molar-refractivity contribution in [3.63, 3.8) is 0 Å². The van der Waals surface area contributed by atoms with Crippen LogP contribution in [0, 0.1) is 47.3 Å². The van der Waals surface area contributed by atoms with Crippen LogP contribution in [0.15, 0.2) is 12.7 Å². The van der Waals surface area contributed by atoms with Crippen molar-refractivity contribution in [2.24, 2.45) is 47.3 Å². The highest BCUT2D eigenvalue weighted by atomic mass is 32.2. The van der Waals surface area contributed by atoms with Gasteiger partial charge >= 0.3 is 10.3 Å². The minimum atomic E-state index is -3.89. The molecule has 270 valence electrons. The van der Waals surface area contributed by atoms with Gasteiger partial charge in [-0.15, -0.1) is 6.58 Å². The lowest BCUT2D eigenvalue weighted by atomic mass is 9.75. The Kier molecular flexibility index (Phi) is 9.45. The zero-order valence-electron chi connectivity index (χ0n) is 28.5. The molecule has 9 N–H and O–H groups in total. The highest BCUT2D eigenvalue weighted by Gasteiger charge is 2.56. The molecule has 0 aromatic heterocycles. The number of rotatable bonds is 5. The second-order valence-corrected chi connectivity index (χ2v) is 18.3. The first-order valence-corrected chi connectivity index (χ1v) is 21.2. The molecule has 8 bridgehead atoms. The van der Waals surface area contributed by atoms with E-state index in [0.717, 1.165) is 19.3 Å². The van der Waals surface area contributed by atoms with Crippen molar-refractivity contribution in [1.82, 2.24) is 47.3 Å². The van der Waals surface area contributed by atoms with E-state index in [4.69, 9.17) is 4.18 Å². The maximum Gasteiger partial charge on any atom is 0.336 e. The smallest absolute Gasteiger partial charge is 0.286 e. The normalized spacial score (nSPS) is 51.8. The van der Waals surface area contributed by atoms with E-state index < -0.39 is 10.3 Å². The van der Waals surface area contributed by atoms with Gasteiger partial charge in [0.15, 0.2) is 0 Å². The fraction of sp³-hybridized carbons (Fsp3) is 0.943. The molecule has 9 aliphatic rings. The van der Waals surface area contributed by atoms with Crippen LogP contribution in [0.3, 0.4) is 0 Å². The van der Waals surface area contributed by atoms with E-state index in [1.54, 1.807) is 6.08 Å². The average Bonchev–Trinajstić information content (AvgIpc) is 3.83. The molecule has 0 spiro atoms. The summed E-state index contributed by atoms with van der Waals surface area (Å²) in [6, 6.07) is 0. The Morgan fingerprint density at radius 2 is 0.833 bits per heavy atom. The summed E-state index contributed by atoms with van der Waals surface area (Å²) >= 11 is 0. The van der Waals surface area contributed by atoms with Gasteiger partial charge in [0.05, 0.1) is 55.4 Å². The molecule has 48 heavy (non-hydrogen) atoms. The first kappa shape index (κ1) is 33.1. The molecule has 5 aliphatic heterocycles. The van der Waals surface area contributed by atoms with Gasteiger partial charge in [0.2, 0.25) is 0 Å². The van der Waals surface area contributed by atoms with Crippen LogP contribution in [0.1, 0.15) is 96.3 Å². The molecule has 9 rings (SSSR count). The van der Waals surface area contributed by atoms with Gasteiger partial charge in [-0.1, -0.05) is 51.0 Å². The van der Waals surface area contributed by atoms with Gasteiger partial charge in [-0.05, 0) is 92.8 Å². The molecule has 4 saturated carbocycles. The maximum absolute atomic E-state index is 13.1. The molecule has 0 aromatic rings. The fourth-order valence-electron chi connectivity index (χ4n) is 12.5. The maximum atomic E-state index is 13.1. The third-order valence-electron chi connectivity index (χ3n) is 14.5. The van der Waals surface area contributed by atoms with Crippen LogP contribution in [0.5, 0.6) is 0 Å². The summed E-state index contributed by atoms with van der Waals surface area (Å²) in [5.41, 5.74) is 0. The van der Waals surface area contributed by atoms with Crippen molar-refractivity contribution in [3.8, 4) is 0 Å². The Morgan fingerprint density at radius 3 is 1.21 bits per heavy atom. The van der Waals surface area contributed by atoms with Crippen molar-refractivity contribution < 1.29 is 12.6 Å². The summed E-state index contributed by atoms with van der Waals surface area (Å²) in [5.74, 6) is 3.91. The van der Waals surface area contributed by atoms with E-state index in [-0.39, 0.29) is 61.5 Å². The SMILES string of the molecule is C=CCNS(=O)(=O)OC1CCCC2C3NC4NC(NC5NC(NC6NC(NC(N3)C12)C1CCCCC61)C1CCCCC51)C1CCCCC41. The number of hydrogen-bond acceptors (Lipinski definition) is 11. The molecule has 0 radical (unpaired) electrons. The van der Waals surface area contributed by atoms with E-state index in [1.807, 2.05) is 0 Å². The Bertz CT molecular complexity index is 1270. The average molecular weight is 688 g/mol. The topological polar surface area (TPSA) is 152 Å². The lowest BCUT2D eigenvalue weighted by molar-refractivity contribution is 0.0460. The third-order valence-corrected chi connectivity index (χ3v) is 15.5. The van der Waals surface area contributed by atoms with Gasteiger partial charge in [0.1, 0.15) is 0 Å². The zero-order valence-corrected chi connectivity index (χ0v) is 29.4. The lowest BCUT2D eigenvalue weighted by Gasteiger charge is -2.38. The summed E-state index contributed by atoms with van der Waals surface area (Å²) < 4.78 is 34.7. The van der Waals surface area contributed by atoms with Crippen LogP contribution in [0.2, 0.25) is 0 Å². The molecular weight excluding hydrogens is 627 g/mol. The molecule has 12 nitrogen and oxygen atoms in total. The van der Waals surface area contributed by atoms with Crippen LogP contribution in [0.4, 0.5) is 0 Å². The highest BCUT2D eigenvalue weighted by Crippen LogP contribution is 2.46. The summed E-state index contributed by atoms with van der Waals surface area (Å²) in [6.45, 7) is 3.85. The van der Waals surface area contributed by atoms with Crippen LogP contribution in [-0.2, 0) is 14.5 Å². The third kappa shape index (κ3) is 6.14. The Hall–Kier alpha value is -0.710. The van der Waals surface area contributed by atoms with E-state index in [2.05, 4.69) is 53.8 Å². The molecule has 17 unspecified atom stereocenters. The summed E-state index contributed by atoms with van der Waals surface area (Å²) in [7, 11) is -3.89. The number of hydrogen-bond donors (Lipinski definition) is 9. The standard InChI is InChI=1S/C35H61N9O3S/c1-2-18-36-48(45,46)47-26-17-9-16-25-27(26)35-43-33-24-15-8-7-14-23(24)31(41-33)39-29-20-11-4-3-10-19(20)28(37-29)38-30-21-12-5-6-13-22(21)32(40-30)42-34(25)44-35/h2,19-44H,1,3-18H2. The predicted octanol–water partition coefficient (Wildman–Crippen LogP) is 1.62. The monoisotopic (exact) mass is 687 g/mol. The quantitative estimate of drug-likeness (QED) is 0.194. The Labute approximate surface area is 287 Å². The second-order valence-electron chi connectivity index (χ2n) is 16.9. The second kappa shape index (κ2) is 13.7. The van der Waals surface area contributed by atoms with E-state index in [9.17, 15) is 8.42 Å². The summed E-state index contributed by atoms with van der Waals surface area (Å²) in [4.78, 5) is 0. The predicted molar refractivity (Wildman–Crippen MR) is 185 cm³/mol. The lowest BCUT2D eigenvalue weighted by Crippen LogP contribution is -2.62. The number of fused-ring (bicyclic) bond motifs is 20. The minimum absolute atomic E-state index is 0.0289. The van der Waals surface area contributed by atoms with Crippen LogP contribution < -0.4 is 47.3 Å².